The van der Waals surface area contributed by atoms with Gasteiger partial charge in [-0.25, -0.2) is 0 Å². The zero-order valence-electron chi connectivity index (χ0n) is 12.0. The van der Waals surface area contributed by atoms with Gasteiger partial charge in [0.25, 0.3) is 6.47 Å². The predicted molar refractivity (Wildman–Crippen MR) is 85.3 cm³/mol. The van der Waals surface area contributed by atoms with E-state index in [9.17, 15) is 0 Å². The number of benzene rings is 2. The first-order valence-electron chi connectivity index (χ1n) is 6.95. The number of hydrogen-bond donors (Lipinski definition) is 3. The summed E-state index contributed by atoms with van der Waals surface area (Å²) in [6.07, 6.45) is 1.09. The Labute approximate surface area is 124 Å². The van der Waals surface area contributed by atoms with Gasteiger partial charge in [0.15, 0.2) is 0 Å². The summed E-state index contributed by atoms with van der Waals surface area (Å²) < 4.78 is 0. The molecule has 0 spiro atoms. The van der Waals surface area contributed by atoms with Crippen LogP contribution in [-0.2, 0) is 17.8 Å². The van der Waals surface area contributed by atoms with Gasteiger partial charge >= 0.3 is 0 Å². The molecule has 110 valence electrons. The molecule has 0 bridgehead atoms. The fraction of sp³-hybridized carbons (Fsp3) is 0.235. The van der Waals surface area contributed by atoms with Crippen LogP contribution in [0.3, 0.4) is 0 Å². The molecular formula is C17H20N2O2. The van der Waals surface area contributed by atoms with Crippen LogP contribution in [0, 0.1) is 0 Å². The number of nitrogens with two attached hydrogens (primary N) is 1. The maximum atomic E-state index is 8.36. The maximum absolute atomic E-state index is 8.36. The topological polar surface area (TPSA) is 75.3 Å². The third-order valence-corrected chi connectivity index (χ3v) is 3.62. The van der Waals surface area contributed by atoms with Crippen LogP contribution in [0.5, 0.6) is 0 Å². The lowest BCUT2D eigenvalue weighted by molar-refractivity contribution is -0.122. The van der Waals surface area contributed by atoms with E-state index in [0.717, 1.165) is 6.42 Å². The van der Waals surface area contributed by atoms with Gasteiger partial charge in [-0.05, 0) is 41.7 Å². The summed E-state index contributed by atoms with van der Waals surface area (Å²) in [5.74, 6) is 0. The Morgan fingerprint density at radius 2 is 1.90 bits per heavy atom. The van der Waals surface area contributed by atoms with E-state index in [1.807, 2.05) is 0 Å². The second-order valence-electron chi connectivity index (χ2n) is 5.05. The van der Waals surface area contributed by atoms with Crippen LogP contribution in [0.15, 0.2) is 42.5 Å². The quantitative estimate of drug-likeness (QED) is 0.741. The molecule has 1 unspecified atom stereocenters. The summed E-state index contributed by atoms with van der Waals surface area (Å²) in [5.41, 5.74) is 12.3. The lowest BCUT2D eigenvalue weighted by Crippen LogP contribution is -2.08. The molecule has 0 amide bonds. The third kappa shape index (κ3) is 3.23. The molecule has 4 heteroatoms. The Balaban J connectivity index is 0.000000497. The van der Waals surface area contributed by atoms with Crippen LogP contribution in [0.4, 0.5) is 5.69 Å². The second kappa shape index (κ2) is 6.90. The number of carboxylic acid groups (broad SMARTS) is 1. The Morgan fingerprint density at radius 3 is 2.62 bits per heavy atom. The highest BCUT2D eigenvalue weighted by Gasteiger charge is 2.20. The first-order chi connectivity index (χ1) is 10.2. The van der Waals surface area contributed by atoms with E-state index in [2.05, 4.69) is 54.7 Å². The summed E-state index contributed by atoms with van der Waals surface area (Å²) in [7, 11) is 0. The number of fused-ring (bicyclic) bond motifs is 1. The Kier molecular flexibility index (Phi) is 4.95. The molecular weight excluding hydrogens is 264 g/mol. The minimum Gasteiger partial charge on any atom is -0.483 e. The first kappa shape index (κ1) is 15.1. The number of nitrogens with one attached hydrogen (secondary N) is 1. The maximum Gasteiger partial charge on any atom is 0.290 e. The molecule has 0 saturated heterocycles. The highest BCUT2D eigenvalue weighted by atomic mass is 16.3. The van der Waals surface area contributed by atoms with Crippen LogP contribution in [0.1, 0.15) is 18.1 Å². The molecule has 3 rings (SSSR count). The summed E-state index contributed by atoms with van der Waals surface area (Å²) in [5, 5.41) is 10.4. The van der Waals surface area contributed by atoms with Gasteiger partial charge in [0, 0.05) is 18.3 Å². The molecule has 0 saturated carbocycles. The van der Waals surface area contributed by atoms with Gasteiger partial charge in [0.2, 0.25) is 0 Å². The normalized spacial score (nSPS) is 15.4. The molecule has 4 N–H and O–H groups in total. The Hall–Kier alpha value is -2.33. The van der Waals surface area contributed by atoms with Crippen molar-refractivity contribution in [2.75, 3.05) is 5.32 Å². The standard InChI is InChI=1S/C16H18N2.CH2O2/c1-11-9-15-14(7-4-8-16(15)18-11)13-6-3-2-5-12(13)10-17;2-1-3/h2-8,11,18H,9-10,17H2,1H3;1H,(H,2,3). The highest BCUT2D eigenvalue weighted by molar-refractivity contribution is 5.78. The molecule has 4 nitrogen and oxygen atoms in total. The molecule has 0 aromatic heterocycles. The molecule has 1 aliphatic rings. The van der Waals surface area contributed by atoms with E-state index < -0.39 is 0 Å². The molecule has 0 radical (unpaired) electrons. The summed E-state index contributed by atoms with van der Waals surface area (Å²) in [4.78, 5) is 8.36. The zero-order chi connectivity index (χ0) is 15.2. The van der Waals surface area contributed by atoms with Crippen molar-refractivity contribution in [2.24, 2.45) is 5.73 Å². The molecule has 1 aliphatic heterocycles. The van der Waals surface area contributed by atoms with Gasteiger partial charge in [-0.15, -0.1) is 0 Å². The second-order valence-corrected chi connectivity index (χ2v) is 5.05. The molecule has 1 atom stereocenters. The summed E-state index contributed by atoms with van der Waals surface area (Å²) >= 11 is 0. The number of rotatable bonds is 2. The fourth-order valence-corrected chi connectivity index (χ4v) is 2.78. The van der Waals surface area contributed by atoms with Crippen LogP contribution in [0.2, 0.25) is 0 Å². The average molecular weight is 284 g/mol. The smallest absolute Gasteiger partial charge is 0.290 e. The zero-order valence-corrected chi connectivity index (χ0v) is 12.0. The predicted octanol–water partition coefficient (Wildman–Crippen LogP) is 2.87. The lowest BCUT2D eigenvalue weighted by Gasteiger charge is -2.11. The van der Waals surface area contributed by atoms with E-state index in [1.165, 1.54) is 27.9 Å². The fourth-order valence-electron chi connectivity index (χ4n) is 2.78. The van der Waals surface area contributed by atoms with Gasteiger partial charge in [0.1, 0.15) is 0 Å². The van der Waals surface area contributed by atoms with Crippen molar-refractivity contribution in [3.05, 3.63) is 53.6 Å². The Morgan fingerprint density at radius 1 is 1.24 bits per heavy atom. The SMILES string of the molecule is CC1Cc2c(cccc2-c2ccccc2CN)N1.O=CO. The highest BCUT2D eigenvalue weighted by Crippen LogP contribution is 2.36. The lowest BCUT2D eigenvalue weighted by atomic mass is 9.93. The van der Waals surface area contributed by atoms with E-state index in [0.29, 0.717) is 12.6 Å². The minimum absolute atomic E-state index is 0.250. The van der Waals surface area contributed by atoms with Crippen LogP contribution < -0.4 is 11.1 Å². The van der Waals surface area contributed by atoms with Crippen molar-refractivity contribution >= 4 is 12.2 Å². The molecule has 21 heavy (non-hydrogen) atoms. The number of hydrogen-bond acceptors (Lipinski definition) is 3. The molecule has 2 aromatic carbocycles. The molecule has 0 fully saturated rings. The van der Waals surface area contributed by atoms with Crippen molar-refractivity contribution in [1.82, 2.24) is 0 Å². The Bertz CT molecular complexity index is 626. The molecule has 0 aliphatic carbocycles. The van der Waals surface area contributed by atoms with Gasteiger partial charge in [0.05, 0.1) is 0 Å². The van der Waals surface area contributed by atoms with E-state index in [1.54, 1.807) is 0 Å². The van der Waals surface area contributed by atoms with Gasteiger partial charge < -0.3 is 16.2 Å². The van der Waals surface area contributed by atoms with Gasteiger partial charge in [-0.1, -0.05) is 36.4 Å². The van der Waals surface area contributed by atoms with E-state index in [-0.39, 0.29) is 6.47 Å². The van der Waals surface area contributed by atoms with E-state index >= 15 is 0 Å². The van der Waals surface area contributed by atoms with Crippen molar-refractivity contribution in [3.8, 4) is 11.1 Å². The van der Waals surface area contributed by atoms with Crippen molar-refractivity contribution in [3.63, 3.8) is 0 Å². The average Bonchev–Trinajstić information content (AvgIpc) is 2.88. The summed E-state index contributed by atoms with van der Waals surface area (Å²) in [6.45, 7) is 2.56. The van der Waals surface area contributed by atoms with Crippen LogP contribution in [-0.4, -0.2) is 17.6 Å². The van der Waals surface area contributed by atoms with Crippen molar-refractivity contribution in [1.29, 1.82) is 0 Å². The number of anilines is 1. The monoisotopic (exact) mass is 284 g/mol. The van der Waals surface area contributed by atoms with Crippen LogP contribution in [0.25, 0.3) is 11.1 Å². The third-order valence-electron chi connectivity index (χ3n) is 3.62. The molecule has 2 aromatic rings. The first-order valence-corrected chi connectivity index (χ1v) is 6.95. The van der Waals surface area contributed by atoms with Gasteiger partial charge in [-0.3, -0.25) is 4.79 Å². The van der Waals surface area contributed by atoms with Gasteiger partial charge in [-0.2, -0.15) is 0 Å². The van der Waals surface area contributed by atoms with Crippen molar-refractivity contribution < 1.29 is 9.90 Å². The van der Waals surface area contributed by atoms with E-state index in [4.69, 9.17) is 15.6 Å². The molecule has 1 heterocycles. The minimum atomic E-state index is -0.250. The largest absolute Gasteiger partial charge is 0.483 e. The number of carbonyl (C=O) groups is 1. The van der Waals surface area contributed by atoms with Crippen molar-refractivity contribution in [2.45, 2.75) is 25.9 Å². The summed E-state index contributed by atoms with van der Waals surface area (Å²) in [6, 6.07) is 15.4. The van der Waals surface area contributed by atoms with Crippen LogP contribution >= 0.6 is 0 Å².